The Hall–Kier alpha value is -0.590. The van der Waals surface area contributed by atoms with Gasteiger partial charge in [0.05, 0.1) is 0 Å². The van der Waals surface area contributed by atoms with Crippen LogP contribution in [0.4, 0.5) is 0 Å². The highest BCUT2D eigenvalue weighted by Gasteiger charge is 2.59. The maximum atomic E-state index is 12.3. The molecule has 1 heteroatoms. The summed E-state index contributed by atoms with van der Waals surface area (Å²) in [7, 11) is 0. The molecule has 29 heavy (non-hydrogen) atoms. The number of carbonyl (C=O) groups excluding carboxylic acids is 1. The lowest BCUT2D eigenvalue weighted by Crippen LogP contribution is -2.50. The second-order valence-electron chi connectivity index (χ2n) is 12.0. The lowest BCUT2D eigenvalue weighted by atomic mass is 9.47. The molecule has 164 valence electrons. The average Bonchev–Trinajstić information content (AvgIpc) is 2.98. The van der Waals surface area contributed by atoms with Gasteiger partial charge in [0.15, 0.2) is 0 Å². The molecule has 7 atom stereocenters. The number of carbonyl (C=O) groups is 1. The van der Waals surface area contributed by atoms with Gasteiger partial charge in [-0.15, -0.1) is 0 Å². The van der Waals surface area contributed by atoms with E-state index in [9.17, 15) is 4.79 Å². The molecular formula is C28H46O. The number of unbranched alkanes of at least 4 members (excludes halogenated alkanes) is 1. The Morgan fingerprint density at radius 1 is 1.07 bits per heavy atom. The molecule has 0 aromatic carbocycles. The minimum absolute atomic E-state index is 0.376. The molecule has 3 saturated carbocycles. The summed E-state index contributed by atoms with van der Waals surface area (Å²) in [4.78, 5) is 12.3. The van der Waals surface area contributed by atoms with Gasteiger partial charge in [0, 0.05) is 12.8 Å². The zero-order chi connectivity index (χ0) is 20.6. The van der Waals surface area contributed by atoms with Crippen LogP contribution in [0.5, 0.6) is 0 Å². The summed E-state index contributed by atoms with van der Waals surface area (Å²) in [6.45, 7) is 9.80. The molecule has 0 radical (unpaired) electrons. The predicted molar refractivity (Wildman–Crippen MR) is 123 cm³/mol. The average molecular weight is 399 g/mol. The van der Waals surface area contributed by atoms with E-state index in [0.29, 0.717) is 22.5 Å². The molecule has 4 aliphatic rings. The molecule has 0 N–H and O–H groups in total. The van der Waals surface area contributed by atoms with Crippen LogP contribution in [0.15, 0.2) is 12.2 Å². The molecular weight excluding hydrogens is 352 g/mol. The van der Waals surface area contributed by atoms with Gasteiger partial charge in [0.25, 0.3) is 0 Å². The molecule has 4 rings (SSSR count). The fourth-order valence-corrected chi connectivity index (χ4v) is 8.70. The first kappa shape index (κ1) is 21.6. The van der Waals surface area contributed by atoms with Crippen LogP contribution in [0.2, 0.25) is 0 Å². The Morgan fingerprint density at radius 2 is 1.90 bits per heavy atom. The van der Waals surface area contributed by atoms with Crippen LogP contribution < -0.4 is 0 Å². The Bertz CT molecular complexity index is 618. The number of allylic oxidation sites excluding steroid dienone is 2. The van der Waals surface area contributed by atoms with Crippen molar-refractivity contribution in [3.8, 4) is 0 Å². The van der Waals surface area contributed by atoms with Crippen molar-refractivity contribution < 1.29 is 4.79 Å². The Morgan fingerprint density at radius 3 is 2.66 bits per heavy atom. The highest BCUT2D eigenvalue weighted by Crippen LogP contribution is 2.67. The minimum Gasteiger partial charge on any atom is -0.300 e. The highest BCUT2D eigenvalue weighted by atomic mass is 16.1. The molecule has 0 aromatic rings. The zero-order valence-electron chi connectivity index (χ0n) is 19.7. The van der Waals surface area contributed by atoms with Gasteiger partial charge in [-0.3, -0.25) is 4.79 Å². The van der Waals surface area contributed by atoms with Crippen molar-refractivity contribution in [2.24, 2.45) is 46.3 Å². The van der Waals surface area contributed by atoms with Gasteiger partial charge in [-0.1, -0.05) is 59.1 Å². The Labute approximate surface area is 180 Å². The van der Waals surface area contributed by atoms with Gasteiger partial charge >= 0.3 is 0 Å². The number of hydrogen-bond acceptors (Lipinski definition) is 1. The van der Waals surface area contributed by atoms with Crippen LogP contribution >= 0.6 is 0 Å². The van der Waals surface area contributed by atoms with Crippen LogP contribution in [0, 0.1) is 46.3 Å². The van der Waals surface area contributed by atoms with E-state index >= 15 is 0 Å². The number of ketones is 1. The quantitative estimate of drug-likeness (QED) is 0.327. The van der Waals surface area contributed by atoms with Crippen molar-refractivity contribution in [2.45, 2.75) is 111 Å². The summed E-state index contributed by atoms with van der Waals surface area (Å²) in [6.07, 6.45) is 22.2. The summed E-state index contributed by atoms with van der Waals surface area (Å²) in [6, 6.07) is 0. The molecule has 0 bridgehead atoms. The van der Waals surface area contributed by atoms with E-state index in [1.807, 2.05) is 0 Å². The first-order chi connectivity index (χ1) is 13.9. The smallest absolute Gasteiger partial charge is 0.133 e. The SMILES string of the molecule is CCC12CCC3C(C=C[C@H]4CC(=O)CCCC34C)[C@@H]1CCC2CCCCC(C)C. The van der Waals surface area contributed by atoms with Gasteiger partial charge in [0.2, 0.25) is 0 Å². The maximum absolute atomic E-state index is 12.3. The molecule has 0 heterocycles. The molecule has 4 aliphatic carbocycles. The van der Waals surface area contributed by atoms with E-state index in [1.54, 1.807) is 0 Å². The molecule has 1 nitrogen and oxygen atoms in total. The van der Waals surface area contributed by atoms with Gasteiger partial charge in [-0.2, -0.15) is 0 Å². The topological polar surface area (TPSA) is 17.1 Å². The molecule has 0 saturated heterocycles. The number of rotatable bonds is 6. The predicted octanol–water partition coefficient (Wildman–Crippen LogP) is 7.99. The lowest BCUT2D eigenvalue weighted by Gasteiger charge is -2.57. The minimum atomic E-state index is 0.376. The number of fused-ring (bicyclic) bond motifs is 5. The van der Waals surface area contributed by atoms with Crippen molar-refractivity contribution in [1.29, 1.82) is 0 Å². The van der Waals surface area contributed by atoms with Crippen molar-refractivity contribution in [1.82, 2.24) is 0 Å². The van der Waals surface area contributed by atoms with E-state index < -0.39 is 0 Å². The standard InChI is InChI=1S/C28H46O/c1-5-28-18-16-25-24(14-12-22-19-23(29)11-8-17-27(22,25)4)26(28)15-13-21(28)10-7-6-9-20(2)3/h12,14,20-22,24-26H,5-11,13,15-19H2,1-4H3/t21?,22-,24?,25?,26-,27?,28?/m0/s1. The van der Waals surface area contributed by atoms with Crippen molar-refractivity contribution in [3.05, 3.63) is 12.2 Å². The van der Waals surface area contributed by atoms with Crippen molar-refractivity contribution in [3.63, 3.8) is 0 Å². The van der Waals surface area contributed by atoms with Gasteiger partial charge in [-0.25, -0.2) is 0 Å². The van der Waals surface area contributed by atoms with Crippen LogP contribution in [0.25, 0.3) is 0 Å². The summed E-state index contributed by atoms with van der Waals surface area (Å²) >= 11 is 0. The largest absolute Gasteiger partial charge is 0.300 e. The zero-order valence-corrected chi connectivity index (χ0v) is 19.7. The number of hydrogen-bond donors (Lipinski definition) is 0. The normalized spacial score (nSPS) is 44.3. The first-order valence-electron chi connectivity index (χ1n) is 13.1. The van der Waals surface area contributed by atoms with Gasteiger partial charge in [0.1, 0.15) is 5.78 Å². The second kappa shape index (κ2) is 8.51. The van der Waals surface area contributed by atoms with E-state index in [1.165, 1.54) is 64.2 Å². The molecule has 0 spiro atoms. The maximum Gasteiger partial charge on any atom is 0.133 e. The van der Waals surface area contributed by atoms with E-state index in [0.717, 1.165) is 48.9 Å². The van der Waals surface area contributed by atoms with Crippen LogP contribution in [0.3, 0.4) is 0 Å². The van der Waals surface area contributed by atoms with Crippen LogP contribution in [-0.4, -0.2) is 5.78 Å². The van der Waals surface area contributed by atoms with Gasteiger partial charge in [-0.05, 0) is 97.7 Å². The van der Waals surface area contributed by atoms with E-state index in [2.05, 4.69) is 39.8 Å². The number of Topliss-reactive ketones (excluding diaryl/α,β-unsaturated/α-hetero) is 1. The molecule has 0 aromatic heterocycles. The fourth-order valence-electron chi connectivity index (χ4n) is 8.70. The van der Waals surface area contributed by atoms with E-state index in [4.69, 9.17) is 0 Å². The summed E-state index contributed by atoms with van der Waals surface area (Å²) in [5.74, 6) is 5.39. The highest BCUT2D eigenvalue weighted by molar-refractivity contribution is 5.79. The molecule has 5 unspecified atom stereocenters. The Kier molecular flexibility index (Phi) is 6.35. The molecule has 0 aliphatic heterocycles. The lowest BCUT2D eigenvalue weighted by molar-refractivity contribution is -0.120. The third kappa shape index (κ3) is 3.78. The van der Waals surface area contributed by atoms with E-state index in [-0.39, 0.29) is 0 Å². The third-order valence-corrected chi connectivity index (χ3v) is 10.3. The Balaban J connectivity index is 1.51. The third-order valence-electron chi connectivity index (χ3n) is 10.3. The molecule has 0 amide bonds. The summed E-state index contributed by atoms with van der Waals surface area (Å²) in [5, 5.41) is 0. The summed E-state index contributed by atoms with van der Waals surface area (Å²) in [5.41, 5.74) is 0.994. The monoisotopic (exact) mass is 398 g/mol. The van der Waals surface area contributed by atoms with Gasteiger partial charge < -0.3 is 0 Å². The fraction of sp³-hybridized carbons (Fsp3) is 0.893. The van der Waals surface area contributed by atoms with Crippen LogP contribution in [0.1, 0.15) is 111 Å². The molecule has 3 fully saturated rings. The second-order valence-corrected chi connectivity index (χ2v) is 12.0. The van der Waals surface area contributed by atoms with Crippen molar-refractivity contribution in [2.75, 3.05) is 0 Å². The summed E-state index contributed by atoms with van der Waals surface area (Å²) < 4.78 is 0. The van der Waals surface area contributed by atoms with Crippen molar-refractivity contribution >= 4 is 5.78 Å². The van der Waals surface area contributed by atoms with Crippen LogP contribution in [-0.2, 0) is 4.79 Å². The first-order valence-corrected chi connectivity index (χ1v) is 13.1.